The second-order valence-corrected chi connectivity index (χ2v) is 4.84. The van der Waals surface area contributed by atoms with Crippen LogP contribution >= 0.6 is 11.3 Å². The predicted octanol–water partition coefficient (Wildman–Crippen LogP) is 1.27. The minimum absolute atomic E-state index is 0.0446. The molecule has 18 heavy (non-hydrogen) atoms. The fourth-order valence-corrected chi connectivity index (χ4v) is 1.97. The minimum atomic E-state index is -0.933. The second-order valence-electron chi connectivity index (χ2n) is 3.94. The molecule has 0 aliphatic carbocycles. The first kappa shape index (κ1) is 14.6. The number of carboxylic acid groups (broad SMARTS) is 1. The van der Waals surface area contributed by atoms with Gasteiger partial charge in [0.05, 0.1) is 13.1 Å². The molecule has 1 heterocycles. The van der Waals surface area contributed by atoms with Gasteiger partial charge in [-0.2, -0.15) is 0 Å². The van der Waals surface area contributed by atoms with Crippen molar-refractivity contribution < 1.29 is 14.7 Å². The molecule has 1 aromatic rings. The van der Waals surface area contributed by atoms with E-state index in [1.54, 1.807) is 16.5 Å². The Hall–Kier alpha value is -1.47. The third kappa shape index (κ3) is 4.80. The van der Waals surface area contributed by atoms with Crippen LogP contribution in [0.3, 0.4) is 0 Å². The number of rotatable bonds is 7. The van der Waals surface area contributed by atoms with Gasteiger partial charge in [0, 0.05) is 17.6 Å². The molecule has 1 atom stereocenters. The van der Waals surface area contributed by atoms with Gasteiger partial charge < -0.3 is 10.4 Å². The van der Waals surface area contributed by atoms with Gasteiger partial charge in [-0.05, 0) is 13.3 Å². The number of aliphatic carboxylic acids is 1. The lowest BCUT2D eigenvalue weighted by Crippen LogP contribution is -2.42. The minimum Gasteiger partial charge on any atom is -0.480 e. The number of carboxylic acids is 1. The maximum absolute atomic E-state index is 11.7. The van der Waals surface area contributed by atoms with Crippen molar-refractivity contribution in [3.8, 4) is 0 Å². The van der Waals surface area contributed by atoms with E-state index in [0.717, 1.165) is 6.42 Å². The molecule has 0 aromatic carbocycles. The number of nitrogens with zero attached hydrogens (tertiary/aromatic N) is 2. The summed E-state index contributed by atoms with van der Waals surface area (Å²) in [5, 5.41) is 13.7. The summed E-state index contributed by atoms with van der Waals surface area (Å²) in [4.78, 5) is 28.1. The first-order valence-electron chi connectivity index (χ1n) is 5.68. The van der Waals surface area contributed by atoms with Crippen LogP contribution in [-0.2, 0) is 9.59 Å². The van der Waals surface area contributed by atoms with E-state index in [9.17, 15) is 9.59 Å². The number of anilines is 1. The summed E-state index contributed by atoms with van der Waals surface area (Å²) in [6, 6.07) is 0.0446. The van der Waals surface area contributed by atoms with Crippen LogP contribution in [0.15, 0.2) is 11.6 Å². The van der Waals surface area contributed by atoms with E-state index in [1.165, 1.54) is 11.3 Å². The van der Waals surface area contributed by atoms with Gasteiger partial charge in [-0.15, -0.1) is 11.3 Å². The molecule has 0 aliphatic rings. The number of carbonyl (C=O) groups excluding carboxylic acids is 1. The molecule has 0 fully saturated rings. The molecule has 100 valence electrons. The van der Waals surface area contributed by atoms with Crippen molar-refractivity contribution in [1.29, 1.82) is 0 Å². The number of thiazole rings is 1. The Balaban J connectivity index is 2.54. The molecule has 7 heteroatoms. The van der Waals surface area contributed by atoms with Crippen molar-refractivity contribution in [1.82, 2.24) is 9.88 Å². The average molecular weight is 271 g/mol. The number of amides is 1. The van der Waals surface area contributed by atoms with Crippen LogP contribution in [0.5, 0.6) is 0 Å². The highest BCUT2D eigenvalue weighted by atomic mass is 32.1. The number of hydrogen-bond acceptors (Lipinski definition) is 5. The van der Waals surface area contributed by atoms with Crippen LogP contribution in [0.25, 0.3) is 0 Å². The van der Waals surface area contributed by atoms with E-state index in [-0.39, 0.29) is 25.0 Å². The Kier molecular flexibility index (Phi) is 5.73. The summed E-state index contributed by atoms with van der Waals surface area (Å²) in [7, 11) is 0. The molecule has 0 spiro atoms. The lowest BCUT2D eigenvalue weighted by atomic mass is 10.2. The maximum Gasteiger partial charge on any atom is 0.317 e. The van der Waals surface area contributed by atoms with E-state index in [1.807, 2.05) is 13.8 Å². The van der Waals surface area contributed by atoms with Crippen LogP contribution in [0.1, 0.15) is 20.3 Å². The summed E-state index contributed by atoms with van der Waals surface area (Å²) in [6.07, 6.45) is 2.39. The Bertz CT molecular complexity index is 394. The summed E-state index contributed by atoms with van der Waals surface area (Å²) in [5.41, 5.74) is 0. The number of hydrogen-bond donors (Lipinski definition) is 2. The lowest BCUT2D eigenvalue weighted by Gasteiger charge is -2.25. The van der Waals surface area contributed by atoms with Gasteiger partial charge in [0.2, 0.25) is 5.91 Å². The first-order valence-corrected chi connectivity index (χ1v) is 6.56. The van der Waals surface area contributed by atoms with Gasteiger partial charge in [-0.3, -0.25) is 14.5 Å². The van der Waals surface area contributed by atoms with Gasteiger partial charge in [0.15, 0.2) is 5.13 Å². The summed E-state index contributed by atoms with van der Waals surface area (Å²) in [6.45, 7) is 3.78. The molecule has 1 amide bonds. The SMILES string of the molecule is CCC(C)N(CC(=O)O)CC(=O)Nc1nccs1. The number of carbonyl (C=O) groups is 2. The molecule has 0 saturated carbocycles. The highest BCUT2D eigenvalue weighted by Crippen LogP contribution is 2.10. The van der Waals surface area contributed by atoms with E-state index in [2.05, 4.69) is 10.3 Å². The van der Waals surface area contributed by atoms with Gasteiger partial charge >= 0.3 is 5.97 Å². The van der Waals surface area contributed by atoms with Crippen LogP contribution in [0, 0.1) is 0 Å². The molecule has 1 aromatic heterocycles. The Morgan fingerprint density at radius 1 is 1.56 bits per heavy atom. The van der Waals surface area contributed by atoms with E-state index >= 15 is 0 Å². The fourth-order valence-electron chi connectivity index (χ4n) is 1.43. The molecule has 1 rings (SSSR count). The average Bonchev–Trinajstić information content (AvgIpc) is 2.79. The van der Waals surface area contributed by atoms with Gasteiger partial charge in [-0.25, -0.2) is 4.98 Å². The van der Waals surface area contributed by atoms with Crippen molar-refractivity contribution in [2.45, 2.75) is 26.3 Å². The lowest BCUT2D eigenvalue weighted by molar-refractivity contribution is -0.139. The van der Waals surface area contributed by atoms with Crippen molar-refractivity contribution >= 4 is 28.3 Å². The van der Waals surface area contributed by atoms with Crippen molar-refractivity contribution in [2.75, 3.05) is 18.4 Å². The fraction of sp³-hybridized carbons (Fsp3) is 0.545. The van der Waals surface area contributed by atoms with Crippen LogP contribution in [0.2, 0.25) is 0 Å². The maximum atomic E-state index is 11.7. The van der Waals surface area contributed by atoms with Crippen LogP contribution in [-0.4, -0.2) is 46.0 Å². The van der Waals surface area contributed by atoms with Gasteiger partial charge in [-0.1, -0.05) is 6.92 Å². The summed E-state index contributed by atoms with van der Waals surface area (Å²) < 4.78 is 0. The molecule has 1 unspecified atom stereocenters. The smallest absolute Gasteiger partial charge is 0.317 e. The standard InChI is InChI=1S/C11H17N3O3S/c1-3-8(2)14(7-10(16)17)6-9(15)13-11-12-4-5-18-11/h4-5,8H,3,6-7H2,1-2H3,(H,16,17)(H,12,13,15). The first-order chi connectivity index (χ1) is 8.52. The molecular formula is C11H17N3O3S. The Labute approximate surface area is 110 Å². The molecule has 0 saturated heterocycles. The van der Waals surface area contributed by atoms with Gasteiger partial charge in [0.1, 0.15) is 0 Å². The zero-order valence-corrected chi connectivity index (χ0v) is 11.2. The summed E-state index contributed by atoms with van der Waals surface area (Å²) in [5.74, 6) is -1.18. The van der Waals surface area contributed by atoms with Crippen molar-refractivity contribution in [3.63, 3.8) is 0 Å². The monoisotopic (exact) mass is 271 g/mol. The van der Waals surface area contributed by atoms with Crippen LogP contribution < -0.4 is 5.32 Å². The highest BCUT2D eigenvalue weighted by Gasteiger charge is 2.19. The molecule has 6 nitrogen and oxygen atoms in total. The third-order valence-electron chi connectivity index (χ3n) is 2.58. The van der Waals surface area contributed by atoms with Crippen molar-refractivity contribution in [2.24, 2.45) is 0 Å². The van der Waals surface area contributed by atoms with E-state index in [4.69, 9.17) is 5.11 Å². The molecular weight excluding hydrogens is 254 g/mol. The topological polar surface area (TPSA) is 82.5 Å². The molecule has 0 aliphatic heterocycles. The van der Waals surface area contributed by atoms with Gasteiger partial charge in [0.25, 0.3) is 0 Å². The number of aromatic nitrogens is 1. The Morgan fingerprint density at radius 2 is 2.28 bits per heavy atom. The molecule has 0 radical (unpaired) electrons. The highest BCUT2D eigenvalue weighted by molar-refractivity contribution is 7.13. The Morgan fingerprint density at radius 3 is 2.78 bits per heavy atom. The molecule has 0 bridgehead atoms. The second kappa shape index (κ2) is 7.07. The van der Waals surface area contributed by atoms with E-state index in [0.29, 0.717) is 5.13 Å². The molecule has 2 N–H and O–H groups in total. The largest absolute Gasteiger partial charge is 0.480 e. The quantitative estimate of drug-likeness (QED) is 0.780. The zero-order valence-electron chi connectivity index (χ0n) is 10.4. The van der Waals surface area contributed by atoms with E-state index < -0.39 is 5.97 Å². The van der Waals surface area contributed by atoms with Crippen LogP contribution in [0.4, 0.5) is 5.13 Å². The third-order valence-corrected chi connectivity index (χ3v) is 3.27. The summed E-state index contributed by atoms with van der Waals surface area (Å²) >= 11 is 1.33. The predicted molar refractivity (Wildman–Crippen MR) is 69.7 cm³/mol. The number of nitrogens with one attached hydrogen (secondary N) is 1. The normalized spacial score (nSPS) is 12.4. The zero-order chi connectivity index (χ0) is 13.5. The van der Waals surface area contributed by atoms with Crippen molar-refractivity contribution in [3.05, 3.63) is 11.6 Å².